The minimum Gasteiger partial charge on any atom is -0.497 e. The summed E-state index contributed by atoms with van der Waals surface area (Å²) in [6.07, 6.45) is 1.59. The van der Waals surface area contributed by atoms with Crippen LogP contribution < -0.4 is 30.2 Å². The highest BCUT2D eigenvalue weighted by atomic mass is 32.2. The summed E-state index contributed by atoms with van der Waals surface area (Å²) in [6.45, 7) is 2.32. The number of carbonyl (C=O) groups excluding carboxylic acids is 3. The van der Waals surface area contributed by atoms with Crippen LogP contribution in [-0.4, -0.2) is 44.3 Å². The summed E-state index contributed by atoms with van der Waals surface area (Å²) in [7, 11) is 3.08. The molecule has 0 radical (unpaired) electrons. The molecule has 3 N–H and O–H groups in total. The predicted octanol–water partition coefficient (Wildman–Crippen LogP) is 6.24. The first-order valence-corrected chi connectivity index (χ1v) is 14.7. The van der Waals surface area contributed by atoms with Crippen LogP contribution in [0.4, 0.5) is 11.4 Å². The third kappa shape index (κ3) is 8.89. The lowest BCUT2D eigenvalue weighted by atomic mass is 10.1. The second-order valence-corrected chi connectivity index (χ2v) is 10.3. The summed E-state index contributed by atoms with van der Waals surface area (Å²) in [5, 5.41) is 8.43. The van der Waals surface area contributed by atoms with Gasteiger partial charge < -0.3 is 30.2 Å². The molecule has 226 valence electrons. The van der Waals surface area contributed by atoms with Crippen molar-refractivity contribution in [1.82, 2.24) is 5.32 Å². The van der Waals surface area contributed by atoms with E-state index >= 15 is 0 Å². The number of nitrogens with one attached hydrogen (secondary N) is 3. The van der Waals surface area contributed by atoms with Crippen molar-refractivity contribution in [1.29, 1.82) is 0 Å². The normalized spacial score (nSPS) is 10.8. The van der Waals surface area contributed by atoms with Gasteiger partial charge in [-0.25, -0.2) is 0 Å². The largest absolute Gasteiger partial charge is 0.497 e. The van der Waals surface area contributed by atoms with E-state index in [1.807, 2.05) is 25.1 Å². The molecule has 4 aromatic rings. The van der Waals surface area contributed by atoms with Gasteiger partial charge in [0.05, 0.1) is 32.3 Å². The molecule has 0 unspecified atom stereocenters. The summed E-state index contributed by atoms with van der Waals surface area (Å²) in [4.78, 5) is 39.8. The topological polar surface area (TPSA) is 115 Å². The van der Waals surface area contributed by atoms with Gasteiger partial charge in [0.1, 0.15) is 22.9 Å². The Labute approximate surface area is 260 Å². The van der Waals surface area contributed by atoms with E-state index in [1.54, 1.807) is 92.0 Å². The molecule has 4 aromatic carbocycles. The Morgan fingerprint density at radius 1 is 0.795 bits per heavy atom. The molecule has 0 saturated heterocycles. The number of carbonyl (C=O) groups is 3. The zero-order chi connectivity index (χ0) is 31.3. The zero-order valence-electron chi connectivity index (χ0n) is 24.6. The summed E-state index contributed by atoms with van der Waals surface area (Å²) in [6, 6.07) is 28.1. The molecule has 0 aromatic heterocycles. The minimum absolute atomic E-state index is 0.0510. The summed E-state index contributed by atoms with van der Waals surface area (Å²) in [5.74, 6) is 0.748. The van der Waals surface area contributed by atoms with Crippen LogP contribution in [0.25, 0.3) is 6.08 Å². The molecule has 3 amide bonds. The van der Waals surface area contributed by atoms with Crippen LogP contribution in [-0.2, 0) is 9.59 Å². The van der Waals surface area contributed by atoms with Gasteiger partial charge in [0.2, 0.25) is 5.91 Å². The molecule has 0 spiro atoms. The maximum Gasteiger partial charge on any atom is 0.272 e. The van der Waals surface area contributed by atoms with Crippen molar-refractivity contribution in [2.45, 2.75) is 11.8 Å². The maximum absolute atomic E-state index is 13.4. The number of thioether (sulfide) groups is 1. The molecule has 0 aliphatic heterocycles. The lowest BCUT2D eigenvalue weighted by Crippen LogP contribution is -2.30. The molecule has 9 nitrogen and oxygen atoms in total. The number of benzene rings is 4. The number of hydrogen-bond acceptors (Lipinski definition) is 7. The fourth-order valence-electron chi connectivity index (χ4n) is 4.05. The first-order valence-electron chi connectivity index (χ1n) is 13.8. The van der Waals surface area contributed by atoms with Gasteiger partial charge in [0.25, 0.3) is 11.8 Å². The lowest BCUT2D eigenvalue weighted by Gasteiger charge is -2.13. The lowest BCUT2D eigenvalue weighted by molar-refractivity contribution is -0.114. The molecule has 0 heterocycles. The second-order valence-electron chi connectivity index (χ2n) is 9.23. The van der Waals surface area contributed by atoms with Gasteiger partial charge in [-0.1, -0.05) is 36.4 Å². The Bertz CT molecular complexity index is 1620. The molecular formula is C34H33N3O6S. The quantitative estimate of drug-likeness (QED) is 0.121. The predicted molar refractivity (Wildman–Crippen MR) is 173 cm³/mol. The van der Waals surface area contributed by atoms with E-state index in [0.29, 0.717) is 46.4 Å². The summed E-state index contributed by atoms with van der Waals surface area (Å²) >= 11 is 1.34. The van der Waals surface area contributed by atoms with Crippen molar-refractivity contribution in [3.8, 4) is 17.2 Å². The summed E-state index contributed by atoms with van der Waals surface area (Å²) in [5.41, 5.74) is 2.18. The van der Waals surface area contributed by atoms with Gasteiger partial charge in [0, 0.05) is 27.8 Å². The highest BCUT2D eigenvalue weighted by Crippen LogP contribution is 2.29. The fourth-order valence-corrected chi connectivity index (χ4v) is 4.75. The molecule has 10 heteroatoms. The van der Waals surface area contributed by atoms with Crippen LogP contribution in [0.15, 0.2) is 108 Å². The molecular weight excluding hydrogens is 578 g/mol. The number of anilines is 2. The number of ether oxygens (including phenoxy) is 3. The average molecular weight is 612 g/mol. The van der Waals surface area contributed by atoms with E-state index in [-0.39, 0.29) is 17.4 Å². The number of para-hydroxylation sites is 1. The first-order chi connectivity index (χ1) is 21.4. The third-order valence-electron chi connectivity index (χ3n) is 6.21. The number of amides is 3. The third-order valence-corrected chi connectivity index (χ3v) is 7.22. The average Bonchev–Trinajstić information content (AvgIpc) is 3.05. The Balaban J connectivity index is 1.43. The molecule has 44 heavy (non-hydrogen) atoms. The molecule has 0 fully saturated rings. The van der Waals surface area contributed by atoms with Crippen molar-refractivity contribution >= 4 is 46.9 Å². The Kier molecular flexibility index (Phi) is 11.4. The molecule has 0 bridgehead atoms. The molecule has 0 atom stereocenters. The highest BCUT2D eigenvalue weighted by molar-refractivity contribution is 8.00. The molecule has 4 rings (SSSR count). The minimum atomic E-state index is -0.506. The van der Waals surface area contributed by atoms with E-state index < -0.39 is 11.8 Å². The van der Waals surface area contributed by atoms with Crippen LogP contribution >= 0.6 is 11.8 Å². The van der Waals surface area contributed by atoms with Gasteiger partial charge in [0.15, 0.2) is 0 Å². The monoisotopic (exact) mass is 611 g/mol. The Morgan fingerprint density at radius 3 is 2.23 bits per heavy atom. The number of hydrogen-bond donors (Lipinski definition) is 3. The van der Waals surface area contributed by atoms with Gasteiger partial charge in [-0.2, -0.15) is 0 Å². The van der Waals surface area contributed by atoms with Crippen molar-refractivity contribution in [2.75, 3.05) is 37.2 Å². The highest BCUT2D eigenvalue weighted by Gasteiger charge is 2.16. The van der Waals surface area contributed by atoms with E-state index in [2.05, 4.69) is 16.0 Å². The molecule has 0 aliphatic carbocycles. The number of methoxy groups -OCH3 is 2. The molecule has 0 saturated carbocycles. The SMILES string of the molecule is CCOc1ccccc1/C=C(\NC(=O)c1ccccc1)C(=O)Nc1ccc(SCC(=O)Nc2ccc(OC)cc2OC)cc1. The van der Waals surface area contributed by atoms with Crippen molar-refractivity contribution in [2.24, 2.45) is 0 Å². The van der Waals surface area contributed by atoms with Gasteiger partial charge >= 0.3 is 0 Å². The Morgan fingerprint density at radius 2 is 1.52 bits per heavy atom. The Hall–Kier alpha value is -5.22. The van der Waals surface area contributed by atoms with Crippen LogP contribution in [0.2, 0.25) is 0 Å². The van der Waals surface area contributed by atoms with Crippen molar-refractivity contribution in [3.05, 3.63) is 114 Å². The summed E-state index contributed by atoms with van der Waals surface area (Å²) < 4.78 is 16.2. The van der Waals surface area contributed by atoms with Gasteiger partial charge in [-0.15, -0.1) is 11.8 Å². The number of rotatable bonds is 13. The van der Waals surface area contributed by atoms with E-state index in [4.69, 9.17) is 14.2 Å². The van der Waals surface area contributed by atoms with Crippen LogP contribution in [0.3, 0.4) is 0 Å². The van der Waals surface area contributed by atoms with Crippen LogP contribution in [0, 0.1) is 0 Å². The molecule has 0 aliphatic rings. The standard InChI is InChI=1S/C34H33N3O6S/c1-4-43-30-13-9-8-12-24(30)20-29(37-33(39)23-10-6-5-7-11-23)34(40)35-25-14-17-27(18-15-25)44-22-32(38)36-28-19-16-26(41-2)21-31(28)42-3/h5-21H,4,22H2,1-3H3,(H,35,40)(H,36,38)(H,37,39)/b29-20-. The smallest absolute Gasteiger partial charge is 0.272 e. The van der Waals surface area contributed by atoms with Crippen molar-refractivity contribution in [3.63, 3.8) is 0 Å². The van der Waals surface area contributed by atoms with Crippen LogP contribution in [0.1, 0.15) is 22.8 Å². The van der Waals surface area contributed by atoms with Crippen LogP contribution in [0.5, 0.6) is 17.2 Å². The van der Waals surface area contributed by atoms with E-state index in [0.717, 1.165) is 4.90 Å². The maximum atomic E-state index is 13.4. The fraction of sp³-hybridized carbons (Fsp3) is 0.147. The van der Waals surface area contributed by atoms with E-state index in [1.165, 1.54) is 18.9 Å². The van der Waals surface area contributed by atoms with Gasteiger partial charge in [-0.05, 0) is 67.6 Å². The van der Waals surface area contributed by atoms with Crippen molar-refractivity contribution < 1.29 is 28.6 Å². The second kappa shape index (κ2) is 15.9. The van der Waals surface area contributed by atoms with E-state index in [9.17, 15) is 14.4 Å². The first kappa shape index (κ1) is 31.7. The van der Waals surface area contributed by atoms with Gasteiger partial charge in [-0.3, -0.25) is 14.4 Å². The zero-order valence-corrected chi connectivity index (χ0v) is 25.4.